The molecule has 1 amide bonds. The Morgan fingerprint density at radius 2 is 2.26 bits per heavy atom. The Bertz CT molecular complexity index is 281. The lowest BCUT2D eigenvalue weighted by Crippen LogP contribution is -2.54. The summed E-state index contributed by atoms with van der Waals surface area (Å²) in [4.78, 5) is 14.4. The Morgan fingerprint density at radius 1 is 1.47 bits per heavy atom. The maximum Gasteiger partial charge on any atom is 0.242 e. The molecule has 1 N–H and O–H groups in total. The van der Waals surface area contributed by atoms with E-state index in [0.717, 1.165) is 38.6 Å². The molecule has 2 aliphatic rings. The lowest BCUT2D eigenvalue weighted by molar-refractivity contribution is -0.138. The first kappa shape index (κ1) is 16.7. The van der Waals surface area contributed by atoms with Crippen molar-refractivity contribution in [2.75, 3.05) is 32.8 Å². The maximum absolute atomic E-state index is 12.4. The Kier molecular flexibility index (Phi) is 7.11. The molecule has 0 saturated carbocycles. The highest BCUT2D eigenvalue weighted by Crippen LogP contribution is 2.23. The van der Waals surface area contributed by atoms with Gasteiger partial charge in [0.15, 0.2) is 0 Å². The number of nitrogens with one attached hydrogen (secondary N) is 1. The van der Waals surface area contributed by atoms with Gasteiger partial charge in [-0.1, -0.05) is 13.8 Å². The predicted molar refractivity (Wildman–Crippen MR) is 78.6 cm³/mol. The highest BCUT2D eigenvalue weighted by Gasteiger charge is 2.30. The molecule has 2 saturated heterocycles. The molecule has 19 heavy (non-hydrogen) atoms. The normalized spacial score (nSPS) is 28.1. The Balaban J connectivity index is 0.00000180. The molecule has 2 unspecified atom stereocenters. The van der Waals surface area contributed by atoms with Gasteiger partial charge in [0.25, 0.3) is 0 Å². The Morgan fingerprint density at radius 3 is 2.89 bits per heavy atom. The fourth-order valence-corrected chi connectivity index (χ4v) is 3.07. The van der Waals surface area contributed by atoms with Crippen LogP contribution in [-0.2, 0) is 9.53 Å². The molecular formula is C14H27ClN2O2. The Labute approximate surface area is 122 Å². The third kappa shape index (κ3) is 4.93. The van der Waals surface area contributed by atoms with Gasteiger partial charge < -0.3 is 15.0 Å². The van der Waals surface area contributed by atoms with Crippen molar-refractivity contribution in [3.63, 3.8) is 0 Å². The monoisotopic (exact) mass is 290 g/mol. The van der Waals surface area contributed by atoms with Gasteiger partial charge in [-0.2, -0.15) is 0 Å². The molecular weight excluding hydrogens is 264 g/mol. The van der Waals surface area contributed by atoms with E-state index in [1.807, 2.05) is 4.90 Å². The van der Waals surface area contributed by atoms with Crippen molar-refractivity contribution in [1.29, 1.82) is 0 Å². The second kappa shape index (κ2) is 8.08. The van der Waals surface area contributed by atoms with Crippen molar-refractivity contribution in [2.45, 2.75) is 39.2 Å². The average Bonchev–Trinajstić information content (AvgIpc) is 2.38. The molecule has 5 heteroatoms. The van der Waals surface area contributed by atoms with Crippen LogP contribution in [0.25, 0.3) is 0 Å². The number of rotatable bonds is 3. The molecule has 0 aromatic heterocycles. The summed E-state index contributed by atoms with van der Waals surface area (Å²) in [5.41, 5.74) is 0. The van der Waals surface area contributed by atoms with Crippen molar-refractivity contribution in [3.8, 4) is 0 Å². The van der Waals surface area contributed by atoms with E-state index in [9.17, 15) is 4.79 Å². The summed E-state index contributed by atoms with van der Waals surface area (Å²) in [6.07, 6.45) is 3.66. The standard InChI is InChI=1S/C14H26N2O2.ClH/c1-11(2)8-12-4-3-6-16(9-12)14(17)13-10-18-7-5-15-13;/h11-13,15H,3-10H2,1-2H3;1H. The second-order valence-electron chi connectivity index (χ2n) is 6.00. The number of carbonyl (C=O) groups is 1. The molecule has 0 bridgehead atoms. The average molecular weight is 291 g/mol. The number of halogens is 1. The molecule has 4 nitrogen and oxygen atoms in total. The molecule has 2 aliphatic heterocycles. The van der Waals surface area contributed by atoms with Gasteiger partial charge in [-0.3, -0.25) is 4.79 Å². The van der Waals surface area contributed by atoms with Crippen LogP contribution < -0.4 is 5.32 Å². The van der Waals surface area contributed by atoms with Crippen molar-refractivity contribution >= 4 is 18.3 Å². The van der Waals surface area contributed by atoms with Gasteiger partial charge in [0.1, 0.15) is 6.04 Å². The van der Waals surface area contributed by atoms with Crippen molar-refractivity contribution in [3.05, 3.63) is 0 Å². The largest absolute Gasteiger partial charge is 0.378 e. The fourth-order valence-electron chi connectivity index (χ4n) is 3.07. The second-order valence-corrected chi connectivity index (χ2v) is 6.00. The summed E-state index contributed by atoms with van der Waals surface area (Å²) < 4.78 is 5.38. The van der Waals surface area contributed by atoms with Gasteiger partial charge in [-0.25, -0.2) is 0 Å². The van der Waals surface area contributed by atoms with Crippen LogP contribution in [0.15, 0.2) is 0 Å². The van der Waals surface area contributed by atoms with Crippen molar-refractivity contribution in [2.24, 2.45) is 11.8 Å². The van der Waals surface area contributed by atoms with Gasteiger partial charge in [-0.05, 0) is 31.1 Å². The number of piperidine rings is 1. The summed E-state index contributed by atoms with van der Waals surface area (Å²) in [5.74, 6) is 1.65. The van der Waals surface area contributed by atoms with Crippen molar-refractivity contribution < 1.29 is 9.53 Å². The summed E-state index contributed by atoms with van der Waals surface area (Å²) in [7, 11) is 0. The molecule has 2 rings (SSSR count). The first-order valence-corrected chi connectivity index (χ1v) is 7.26. The van der Waals surface area contributed by atoms with Crippen LogP contribution in [0.1, 0.15) is 33.1 Å². The predicted octanol–water partition coefficient (Wildman–Crippen LogP) is 1.68. The number of nitrogens with zero attached hydrogens (tertiary/aromatic N) is 1. The van der Waals surface area contributed by atoms with Gasteiger partial charge in [0.05, 0.1) is 13.2 Å². The number of morpholine rings is 1. The quantitative estimate of drug-likeness (QED) is 0.860. The summed E-state index contributed by atoms with van der Waals surface area (Å²) >= 11 is 0. The van der Waals surface area contributed by atoms with E-state index in [1.54, 1.807) is 0 Å². The van der Waals surface area contributed by atoms with Crippen LogP contribution in [-0.4, -0.2) is 49.7 Å². The van der Waals surface area contributed by atoms with Crippen LogP contribution in [0, 0.1) is 11.8 Å². The molecule has 0 spiro atoms. The van der Waals surface area contributed by atoms with E-state index < -0.39 is 0 Å². The van der Waals surface area contributed by atoms with Crippen molar-refractivity contribution in [1.82, 2.24) is 10.2 Å². The number of ether oxygens (including phenoxy) is 1. The topological polar surface area (TPSA) is 41.6 Å². The summed E-state index contributed by atoms with van der Waals surface area (Å²) in [5, 5.41) is 3.26. The molecule has 112 valence electrons. The van der Waals surface area contributed by atoms with Crippen LogP contribution in [0.5, 0.6) is 0 Å². The lowest BCUT2D eigenvalue weighted by atomic mass is 9.89. The Hall–Kier alpha value is -0.320. The molecule has 2 fully saturated rings. The van der Waals surface area contributed by atoms with E-state index in [-0.39, 0.29) is 24.4 Å². The van der Waals surface area contributed by atoms with Crippen LogP contribution >= 0.6 is 12.4 Å². The first-order chi connectivity index (χ1) is 8.66. The van der Waals surface area contributed by atoms with E-state index in [4.69, 9.17) is 4.74 Å². The highest BCUT2D eigenvalue weighted by molar-refractivity contribution is 5.85. The van der Waals surface area contributed by atoms with Gasteiger partial charge in [0, 0.05) is 19.6 Å². The van der Waals surface area contributed by atoms with E-state index >= 15 is 0 Å². The van der Waals surface area contributed by atoms with Gasteiger partial charge >= 0.3 is 0 Å². The number of carbonyl (C=O) groups excluding carboxylic acids is 1. The zero-order valence-corrected chi connectivity index (χ0v) is 12.9. The highest BCUT2D eigenvalue weighted by atomic mass is 35.5. The summed E-state index contributed by atoms with van der Waals surface area (Å²) in [6, 6.07) is -0.114. The minimum atomic E-state index is -0.114. The smallest absolute Gasteiger partial charge is 0.242 e. The molecule has 2 atom stereocenters. The summed E-state index contributed by atoms with van der Waals surface area (Å²) in [6.45, 7) is 8.43. The van der Waals surface area contributed by atoms with E-state index in [2.05, 4.69) is 19.2 Å². The minimum Gasteiger partial charge on any atom is -0.378 e. The fraction of sp³-hybridized carbons (Fsp3) is 0.929. The van der Waals surface area contributed by atoms with E-state index in [0.29, 0.717) is 12.5 Å². The third-order valence-corrected chi connectivity index (χ3v) is 3.86. The van der Waals surface area contributed by atoms with Crippen LogP contribution in [0.3, 0.4) is 0 Å². The minimum absolute atomic E-state index is 0. The third-order valence-electron chi connectivity index (χ3n) is 3.86. The molecule has 0 aromatic carbocycles. The first-order valence-electron chi connectivity index (χ1n) is 7.26. The zero-order chi connectivity index (χ0) is 13.0. The number of hydrogen-bond acceptors (Lipinski definition) is 3. The number of likely N-dealkylation sites (tertiary alicyclic amines) is 1. The lowest BCUT2D eigenvalue weighted by Gasteiger charge is -2.36. The molecule has 2 heterocycles. The van der Waals surface area contributed by atoms with E-state index in [1.165, 1.54) is 12.8 Å². The number of hydrogen-bond donors (Lipinski definition) is 1. The number of amides is 1. The molecule has 0 aliphatic carbocycles. The van der Waals surface area contributed by atoms with Crippen LogP contribution in [0.2, 0.25) is 0 Å². The van der Waals surface area contributed by atoms with Gasteiger partial charge in [0.2, 0.25) is 5.91 Å². The van der Waals surface area contributed by atoms with Crippen LogP contribution in [0.4, 0.5) is 0 Å². The molecule has 0 aromatic rings. The SMILES string of the molecule is CC(C)CC1CCCN(C(=O)C2COCCN2)C1.Cl. The van der Waals surface area contributed by atoms with Gasteiger partial charge in [-0.15, -0.1) is 12.4 Å². The zero-order valence-electron chi connectivity index (χ0n) is 12.1. The molecule has 0 radical (unpaired) electrons. The maximum atomic E-state index is 12.4.